The molecule has 0 spiro atoms. The van der Waals surface area contributed by atoms with Crippen LogP contribution in [0.2, 0.25) is 0 Å². The molecule has 0 radical (unpaired) electrons. The molecule has 0 aromatic carbocycles. The number of aliphatic carboxylic acids is 1. The monoisotopic (exact) mass is 241 g/mol. The Morgan fingerprint density at radius 3 is 2.78 bits per heavy atom. The predicted molar refractivity (Wildman–Crippen MR) is 30.1 cm³/mol. The van der Waals surface area contributed by atoms with Crippen LogP contribution in [-0.4, -0.2) is 19.9 Å². The molecule has 1 N–H and O–H groups in total. The molecule has 1 aliphatic heterocycles. The van der Waals surface area contributed by atoms with Gasteiger partial charge in [0, 0.05) is 0 Å². The minimum absolute atomic E-state index is 0.0200. The van der Waals surface area contributed by atoms with E-state index in [0.29, 0.717) is 0 Å². The summed E-state index contributed by atoms with van der Waals surface area (Å²) in [6, 6.07) is 0. The van der Waals surface area contributed by atoms with Gasteiger partial charge in [-0.15, -0.1) is 0 Å². The quantitative estimate of drug-likeness (QED) is 0.409. The number of carbonyl (C=O) groups is 1. The molecule has 1 aliphatic rings. The molecule has 0 aromatic rings. The zero-order valence-electron chi connectivity index (χ0n) is 5.14. The van der Waals surface area contributed by atoms with Gasteiger partial charge in [0.05, 0.1) is 0 Å². The number of halogens is 1. The van der Waals surface area contributed by atoms with E-state index in [9.17, 15) is 4.79 Å². The summed E-state index contributed by atoms with van der Waals surface area (Å²) >= 11 is 0.260. The SMILES string of the molecule is O=C(O)[C@@H]1CCC[I-]C1. The Balaban J connectivity index is 2.31. The van der Waals surface area contributed by atoms with E-state index in [1.807, 2.05) is 0 Å². The molecule has 1 saturated heterocycles. The van der Waals surface area contributed by atoms with Gasteiger partial charge >= 0.3 is 64.7 Å². The molecule has 0 unspecified atom stereocenters. The van der Waals surface area contributed by atoms with E-state index >= 15 is 0 Å². The minimum atomic E-state index is -0.575. The Hall–Kier alpha value is 0.200. The summed E-state index contributed by atoms with van der Waals surface area (Å²) in [5.74, 6) is -0.555. The third-order valence-corrected chi connectivity index (χ3v) is 4.68. The van der Waals surface area contributed by atoms with Crippen LogP contribution in [0.25, 0.3) is 0 Å². The van der Waals surface area contributed by atoms with E-state index in [0.717, 1.165) is 17.3 Å². The number of rotatable bonds is 1. The molecule has 0 aromatic heterocycles. The average Bonchev–Trinajstić information content (AvgIpc) is 1.90. The molecule has 0 aliphatic carbocycles. The molecule has 2 nitrogen and oxygen atoms in total. The van der Waals surface area contributed by atoms with Crippen molar-refractivity contribution in [3.05, 3.63) is 0 Å². The number of carboxylic acid groups (broad SMARTS) is 1. The first kappa shape index (κ1) is 7.31. The van der Waals surface area contributed by atoms with E-state index in [4.69, 9.17) is 5.11 Å². The van der Waals surface area contributed by atoms with Gasteiger partial charge in [0.15, 0.2) is 0 Å². The Morgan fingerprint density at radius 1 is 1.67 bits per heavy atom. The summed E-state index contributed by atoms with van der Waals surface area (Å²) in [5.41, 5.74) is 0. The van der Waals surface area contributed by atoms with E-state index in [-0.39, 0.29) is 27.1 Å². The van der Waals surface area contributed by atoms with Crippen LogP contribution in [0.5, 0.6) is 0 Å². The van der Waals surface area contributed by atoms with Gasteiger partial charge in [-0.3, -0.25) is 0 Å². The van der Waals surface area contributed by atoms with Crippen LogP contribution in [0.15, 0.2) is 0 Å². The molecule has 1 fully saturated rings. The molecular weight excluding hydrogens is 231 g/mol. The molecule has 0 amide bonds. The maximum atomic E-state index is 10.4. The van der Waals surface area contributed by atoms with Crippen LogP contribution in [-0.2, 0) is 4.79 Å². The summed E-state index contributed by atoms with van der Waals surface area (Å²) in [6.45, 7) is 0. The van der Waals surface area contributed by atoms with E-state index in [1.165, 1.54) is 4.43 Å². The van der Waals surface area contributed by atoms with Gasteiger partial charge in [-0.05, 0) is 0 Å². The molecule has 0 bridgehead atoms. The fourth-order valence-corrected chi connectivity index (χ4v) is 3.88. The number of carboxylic acids is 1. The zero-order valence-corrected chi connectivity index (χ0v) is 7.30. The first-order chi connectivity index (χ1) is 4.30. The van der Waals surface area contributed by atoms with Crippen molar-refractivity contribution >= 4 is 5.97 Å². The molecule has 3 heteroatoms. The standard InChI is InChI=1S/C6H10IO2/c8-6(9)5-2-1-3-7-4-5/h5H,1-4H2,(H,8,9)/q-1/t5-/m1/s1. The summed E-state index contributed by atoms with van der Waals surface area (Å²) in [6.07, 6.45) is 2.08. The molecule has 1 atom stereocenters. The van der Waals surface area contributed by atoms with Gasteiger partial charge in [-0.2, -0.15) is 0 Å². The Kier molecular flexibility index (Phi) is 2.75. The predicted octanol–water partition coefficient (Wildman–Crippen LogP) is -2.43. The third-order valence-electron chi connectivity index (χ3n) is 1.46. The van der Waals surface area contributed by atoms with E-state index in [2.05, 4.69) is 0 Å². The van der Waals surface area contributed by atoms with Crippen molar-refractivity contribution in [3.8, 4) is 0 Å². The van der Waals surface area contributed by atoms with Crippen molar-refractivity contribution in [2.24, 2.45) is 5.92 Å². The molecule has 1 rings (SSSR count). The zero-order chi connectivity index (χ0) is 6.69. The Labute approximate surface area is 64.9 Å². The summed E-state index contributed by atoms with van der Waals surface area (Å²) in [7, 11) is 0. The van der Waals surface area contributed by atoms with Crippen molar-refractivity contribution in [2.45, 2.75) is 12.8 Å². The second kappa shape index (κ2) is 3.39. The van der Waals surface area contributed by atoms with Crippen LogP contribution in [0.1, 0.15) is 12.8 Å². The van der Waals surface area contributed by atoms with Crippen LogP contribution in [0.4, 0.5) is 0 Å². The van der Waals surface area contributed by atoms with Gasteiger partial charge in [-0.1, -0.05) is 0 Å². The second-order valence-corrected chi connectivity index (χ2v) is 5.25. The van der Waals surface area contributed by atoms with Crippen molar-refractivity contribution in [2.75, 3.05) is 8.86 Å². The van der Waals surface area contributed by atoms with Crippen LogP contribution in [0, 0.1) is 5.92 Å². The Bertz CT molecular complexity index is 108. The summed E-state index contributed by atoms with van der Waals surface area (Å²) in [4.78, 5) is 10.4. The maximum absolute atomic E-state index is 10.4. The first-order valence-corrected chi connectivity index (χ1v) is 6.12. The van der Waals surface area contributed by atoms with Crippen LogP contribution >= 0.6 is 0 Å². The van der Waals surface area contributed by atoms with Gasteiger partial charge in [0.1, 0.15) is 0 Å². The second-order valence-electron chi connectivity index (χ2n) is 2.21. The van der Waals surface area contributed by atoms with Crippen molar-refractivity contribution in [1.82, 2.24) is 0 Å². The van der Waals surface area contributed by atoms with E-state index < -0.39 is 5.97 Å². The number of hydrogen-bond donors (Lipinski definition) is 1. The van der Waals surface area contributed by atoms with Crippen molar-refractivity contribution < 1.29 is 31.1 Å². The summed E-state index contributed by atoms with van der Waals surface area (Å²) < 4.78 is 2.34. The van der Waals surface area contributed by atoms with Gasteiger partial charge in [0.25, 0.3) is 0 Å². The van der Waals surface area contributed by atoms with Crippen LogP contribution < -0.4 is 21.2 Å². The Morgan fingerprint density at radius 2 is 2.44 bits per heavy atom. The van der Waals surface area contributed by atoms with Crippen LogP contribution in [0.3, 0.4) is 0 Å². The first-order valence-electron chi connectivity index (χ1n) is 3.07. The molecule has 54 valence electrons. The fraction of sp³-hybridized carbons (Fsp3) is 0.833. The number of alkyl halides is 2. The molecule has 9 heavy (non-hydrogen) atoms. The van der Waals surface area contributed by atoms with Crippen molar-refractivity contribution in [1.29, 1.82) is 0 Å². The fourth-order valence-electron chi connectivity index (χ4n) is 0.894. The van der Waals surface area contributed by atoms with Gasteiger partial charge in [0.2, 0.25) is 0 Å². The summed E-state index contributed by atoms with van der Waals surface area (Å²) in [5, 5.41) is 8.56. The molecular formula is C6H10IO2-. The van der Waals surface area contributed by atoms with Crippen molar-refractivity contribution in [3.63, 3.8) is 0 Å². The third kappa shape index (κ3) is 2.12. The molecule has 0 saturated carbocycles. The van der Waals surface area contributed by atoms with Gasteiger partial charge < -0.3 is 0 Å². The topological polar surface area (TPSA) is 37.3 Å². The average molecular weight is 241 g/mol. The molecule has 1 heterocycles. The van der Waals surface area contributed by atoms with Gasteiger partial charge in [-0.25, -0.2) is 0 Å². The van der Waals surface area contributed by atoms with E-state index in [1.54, 1.807) is 0 Å². The number of hydrogen-bond acceptors (Lipinski definition) is 1. The normalized spacial score (nSPS) is 28.7.